The number of amides is 2. The quantitative estimate of drug-likeness (QED) is 0.848. The summed E-state index contributed by atoms with van der Waals surface area (Å²) in [7, 11) is 0. The van der Waals surface area contributed by atoms with E-state index in [4.69, 9.17) is 0 Å². The first-order chi connectivity index (χ1) is 10.1. The van der Waals surface area contributed by atoms with Crippen molar-refractivity contribution in [3.05, 3.63) is 21.4 Å². The van der Waals surface area contributed by atoms with E-state index in [-0.39, 0.29) is 18.4 Å². The molecule has 2 amide bonds. The van der Waals surface area contributed by atoms with E-state index in [0.29, 0.717) is 6.54 Å². The highest BCUT2D eigenvalue weighted by Crippen LogP contribution is 2.33. The highest BCUT2D eigenvalue weighted by atomic mass is 32.1. The number of rotatable bonds is 6. The molecule has 4 nitrogen and oxygen atoms in total. The molecule has 2 rings (SSSR count). The maximum Gasteiger partial charge on any atom is 0.261 e. The average molecular weight is 308 g/mol. The second kappa shape index (κ2) is 7.59. The fourth-order valence-electron chi connectivity index (χ4n) is 2.63. The molecule has 0 spiro atoms. The number of thiophene rings is 1. The van der Waals surface area contributed by atoms with Crippen molar-refractivity contribution < 1.29 is 9.59 Å². The minimum absolute atomic E-state index is 0.0545. The summed E-state index contributed by atoms with van der Waals surface area (Å²) in [4.78, 5) is 25.7. The van der Waals surface area contributed by atoms with Crippen molar-refractivity contribution in [1.82, 2.24) is 10.6 Å². The summed E-state index contributed by atoms with van der Waals surface area (Å²) in [5.41, 5.74) is 1.33. The molecule has 0 fully saturated rings. The van der Waals surface area contributed by atoms with Crippen LogP contribution in [0.25, 0.3) is 0 Å². The van der Waals surface area contributed by atoms with Gasteiger partial charge in [-0.2, -0.15) is 0 Å². The zero-order valence-corrected chi connectivity index (χ0v) is 13.6. The van der Waals surface area contributed by atoms with Crippen molar-refractivity contribution in [1.29, 1.82) is 0 Å². The van der Waals surface area contributed by atoms with E-state index in [0.717, 1.165) is 30.1 Å². The topological polar surface area (TPSA) is 58.2 Å². The third-order valence-electron chi connectivity index (χ3n) is 3.97. The van der Waals surface area contributed by atoms with Gasteiger partial charge in [0.2, 0.25) is 5.91 Å². The lowest BCUT2D eigenvalue weighted by Gasteiger charge is -2.19. The summed E-state index contributed by atoms with van der Waals surface area (Å²) in [5.74, 6) is 0.495. The first-order valence-electron chi connectivity index (χ1n) is 7.80. The Hall–Kier alpha value is -1.36. The highest BCUT2D eigenvalue weighted by molar-refractivity contribution is 7.14. The molecule has 5 heteroatoms. The zero-order valence-electron chi connectivity index (χ0n) is 12.8. The normalized spacial score (nSPS) is 17.1. The first-order valence-corrected chi connectivity index (χ1v) is 8.62. The van der Waals surface area contributed by atoms with Gasteiger partial charge in [-0.05, 0) is 43.2 Å². The van der Waals surface area contributed by atoms with Crippen LogP contribution < -0.4 is 10.6 Å². The fourth-order valence-corrected chi connectivity index (χ4v) is 3.76. The van der Waals surface area contributed by atoms with Crippen LogP contribution in [-0.4, -0.2) is 24.9 Å². The van der Waals surface area contributed by atoms with Crippen LogP contribution in [0.2, 0.25) is 0 Å². The molecule has 0 aliphatic heterocycles. The largest absolute Gasteiger partial charge is 0.355 e. The van der Waals surface area contributed by atoms with Gasteiger partial charge in [0.05, 0.1) is 11.4 Å². The molecule has 2 N–H and O–H groups in total. The van der Waals surface area contributed by atoms with E-state index in [2.05, 4.69) is 17.6 Å². The Balaban J connectivity index is 1.89. The molecule has 1 heterocycles. The van der Waals surface area contributed by atoms with Crippen LogP contribution in [0.4, 0.5) is 0 Å². The Bertz CT molecular complexity index is 510. The number of hydrogen-bond acceptors (Lipinski definition) is 3. The van der Waals surface area contributed by atoms with Gasteiger partial charge in [0, 0.05) is 11.4 Å². The molecule has 116 valence electrons. The second-order valence-corrected chi connectivity index (χ2v) is 6.75. The molecule has 1 aromatic heterocycles. The predicted molar refractivity (Wildman–Crippen MR) is 85.8 cm³/mol. The summed E-state index contributed by atoms with van der Waals surface area (Å²) in [6, 6.07) is 2.01. The SMILES string of the molecule is CCCNC(=O)CNC(=O)c1cc2c(s1)CC[C@H](CC)C2. The Morgan fingerprint density at radius 1 is 1.33 bits per heavy atom. The molecule has 1 aromatic rings. The van der Waals surface area contributed by atoms with Crippen molar-refractivity contribution in [2.24, 2.45) is 5.92 Å². The van der Waals surface area contributed by atoms with Gasteiger partial charge in [-0.1, -0.05) is 20.3 Å². The summed E-state index contributed by atoms with van der Waals surface area (Å²) >= 11 is 1.58. The van der Waals surface area contributed by atoms with E-state index < -0.39 is 0 Å². The number of nitrogens with one attached hydrogen (secondary N) is 2. The maximum atomic E-state index is 12.1. The summed E-state index contributed by atoms with van der Waals surface area (Å²) in [5, 5.41) is 5.45. The molecule has 0 aromatic carbocycles. The monoisotopic (exact) mass is 308 g/mol. The minimum atomic E-state index is -0.130. The van der Waals surface area contributed by atoms with Crippen LogP contribution in [0, 0.1) is 5.92 Å². The Kier molecular flexibility index (Phi) is 5.79. The standard InChI is InChI=1S/C16H24N2O2S/c1-3-7-17-15(19)10-18-16(20)14-9-12-8-11(4-2)5-6-13(12)21-14/h9,11H,3-8,10H2,1-2H3,(H,17,19)(H,18,20)/t11-/m0/s1. The average Bonchev–Trinajstić information content (AvgIpc) is 2.93. The molecular weight excluding hydrogens is 284 g/mol. The molecule has 1 atom stereocenters. The summed E-state index contributed by atoms with van der Waals surface area (Å²) in [6.07, 6.45) is 5.50. The Morgan fingerprint density at radius 2 is 2.14 bits per heavy atom. The number of carbonyl (C=O) groups excluding carboxylic acids is 2. The molecule has 1 aliphatic carbocycles. The van der Waals surface area contributed by atoms with Crippen LogP contribution >= 0.6 is 11.3 Å². The van der Waals surface area contributed by atoms with E-state index in [1.54, 1.807) is 11.3 Å². The number of fused-ring (bicyclic) bond motifs is 1. The van der Waals surface area contributed by atoms with Gasteiger partial charge in [-0.15, -0.1) is 11.3 Å². The Labute approximate surface area is 130 Å². The zero-order chi connectivity index (χ0) is 15.2. The molecule has 0 bridgehead atoms. The van der Waals surface area contributed by atoms with Crippen LogP contribution in [0.5, 0.6) is 0 Å². The van der Waals surface area contributed by atoms with E-state index in [1.165, 1.54) is 23.3 Å². The second-order valence-electron chi connectivity index (χ2n) is 5.61. The van der Waals surface area contributed by atoms with Gasteiger partial charge in [-0.3, -0.25) is 9.59 Å². The fraction of sp³-hybridized carbons (Fsp3) is 0.625. The van der Waals surface area contributed by atoms with Crippen molar-refractivity contribution in [2.75, 3.05) is 13.1 Å². The minimum Gasteiger partial charge on any atom is -0.355 e. The summed E-state index contributed by atoms with van der Waals surface area (Å²) in [6.45, 7) is 4.93. The lowest BCUT2D eigenvalue weighted by Crippen LogP contribution is -2.36. The molecule has 0 saturated carbocycles. The molecular formula is C16H24N2O2S. The summed E-state index contributed by atoms with van der Waals surface area (Å²) < 4.78 is 0. The van der Waals surface area contributed by atoms with E-state index in [1.807, 2.05) is 13.0 Å². The lowest BCUT2D eigenvalue weighted by molar-refractivity contribution is -0.120. The van der Waals surface area contributed by atoms with Gasteiger partial charge in [-0.25, -0.2) is 0 Å². The van der Waals surface area contributed by atoms with Crippen LogP contribution in [-0.2, 0) is 17.6 Å². The van der Waals surface area contributed by atoms with E-state index in [9.17, 15) is 9.59 Å². The smallest absolute Gasteiger partial charge is 0.261 e. The van der Waals surface area contributed by atoms with Crippen molar-refractivity contribution >= 4 is 23.2 Å². The lowest BCUT2D eigenvalue weighted by atomic mass is 9.87. The predicted octanol–water partition coefficient (Wildman–Crippen LogP) is 2.52. The number of hydrogen-bond donors (Lipinski definition) is 2. The highest BCUT2D eigenvalue weighted by Gasteiger charge is 2.22. The van der Waals surface area contributed by atoms with E-state index >= 15 is 0 Å². The number of carbonyl (C=O) groups is 2. The van der Waals surface area contributed by atoms with Crippen molar-refractivity contribution in [2.45, 2.75) is 46.0 Å². The van der Waals surface area contributed by atoms with Gasteiger partial charge < -0.3 is 10.6 Å². The van der Waals surface area contributed by atoms with Gasteiger partial charge >= 0.3 is 0 Å². The van der Waals surface area contributed by atoms with Crippen LogP contribution in [0.15, 0.2) is 6.07 Å². The molecule has 1 aliphatic rings. The molecule has 0 radical (unpaired) electrons. The third-order valence-corrected chi connectivity index (χ3v) is 5.20. The Morgan fingerprint density at radius 3 is 2.86 bits per heavy atom. The van der Waals surface area contributed by atoms with Crippen molar-refractivity contribution in [3.63, 3.8) is 0 Å². The molecule has 21 heavy (non-hydrogen) atoms. The first kappa shape index (κ1) is 16.0. The van der Waals surface area contributed by atoms with Gasteiger partial charge in [0.15, 0.2) is 0 Å². The molecule has 0 saturated heterocycles. The molecule has 0 unspecified atom stereocenters. The third kappa shape index (κ3) is 4.30. The van der Waals surface area contributed by atoms with Crippen LogP contribution in [0.1, 0.15) is 53.2 Å². The number of aryl methyl sites for hydroxylation is 1. The van der Waals surface area contributed by atoms with Crippen molar-refractivity contribution in [3.8, 4) is 0 Å². The van der Waals surface area contributed by atoms with Gasteiger partial charge in [0.1, 0.15) is 0 Å². The maximum absolute atomic E-state index is 12.1. The van der Waals surface area contributed by atoms with Crippen LogP contribution in [0.3, 0.4) is 0 Å². The van der Waals surface area contributed by atoms with Gasteiger partial charge in [0.25, 0.3) is 5.91 Å².